The molecule has 0 saturated heterocycles. The lowest BCUT2D eigenvalue weighted by Gasteiger charge is -2.12. The van der Waals surface area contributed by atoms with Crippen LogP contribution in [0.5, 0.6) is 0 Å². The molecule has 2 rings (SSSR count). The predicted molar refractivity (Wildman–Crippen MR) is 74.0 cm³/mol. The van der Waals surface area contributed by atoms with Gasteiger partial charge in [0.2, 0.25) is 0 Å². The molecule has 2 heteroatoms. The summed E-state index contributed by atoms with van der Waals surface area (Å²) in [6, 6.07) is 13.2. The highest BCUT2D eigenvalue weighted by molar-refractivity contribution is 5.67. The minimum absolute atomic E-state index is 0.186. The van der Waals surface area contributed by atoms with Crippen LogP contribution in [0.15, 0.2) is 42.5 Å². The topological polar surface area (TPSA) is 3.24 Å². The third-order valence-electron chi connectivity index (χ3n) is 2.94. The zero-order chi connectivity index (χ0) is 13.1. The zero-order valence-corrected chi connectivity index (χ0v) is 11.1. The fourth-order valence-corrected chi connectivity index (χ4v) is 2.11. The first-order valence-electron chi connectivity index (χ1n) is 6.06. The Labute approximate surface area is 108 Å². The van der Waals surface area contributed by atoms with E-state index in [1.54, 1.807) is 6.07 Å². The Morgan fingerprint density at radius 3 is 2.56 bits per heavy atom. The number of hydrogen-bond acceptors (Lipinski definition) is 1. The summed E-state index contributed by atoms with van der Waals surface area (Å²) in [6.45, 7) is 2.90. The van der Waals surface area contributed by atoms with E-state index in [4.69, 9.17) is 0 Å². The largest absolute Gasteiger partial charge is 0.305 e. The van der Waals surface area contributed by atoms with Gasteiger partial charge in [0.25, 0.3) is 0 Å². The molecular weight excluding hydrogens is 225 g/mol. The average molecular weight is 243 g/mol. The Kier molecular flexibility index (Phi) is 3.78. The molecular formula is C16H18FN. The van der Waals surface area contributed by atoms with Crippen molar-refractivity contribution < 1.29 is 4.39 Å². The summed E-state index contributed by atoms with van der Waals surface area (Å²) in [5, 5.41) is 0. The molecule has 0 fully saturated rings. The van der Waals surface area contributed by atoms with Crippen molar-refractivity contribution >= 4 is 0 Å². The zero-order valence-electron chi connectivity index (χ0n) is 11.1. The monoisotopic (exact) mass is 243 g/mol. The average Bonchev–Trinajstić information content (AvgIpc) is 2.32. The molecule has 1 nitrogen and oxygen atoms in total. The molecule has 0 heterocycles. The quantitative estimate of drug-likeness (QED) is 0.791. The van der Waals surface area contributed by atoms with Crippen LogP contribution < -0.4 is 0 Å². The van der Waals surface area contributed by atoms with Crippen LogP contribution in [0.1, 0.15) is 11.1 Å². The van der Waals surface area contributed by atoms with Gasteiger partial charge < -0.3 is 4.90 Å². The maximum atomic E-state index is 13.3. The van der Waals surface area contributed by atoms with Gasteiger partial charge in [-0.25, -0.2) is 4.39 Å². The first-order valence-corrected chi connectivity index (χ1v) is 6.06. The maximum absolute atomic E-state index is 13.3. The van der Waals surface area contributed by atoms with Gasteiger partial charge in [-0.2, -0.15) is 0 Å². The van der Waals surface area contributed by atoms with Crippen molar-refractivity contribution in [3.63, 3.8) is 0 Å². The number of hydrogen-bond donors (Lipinski definition) is 0. The number of halogens is 1. The van der Waals surface area contributed by atoms with Crippen molar-refractivity contribution in [3.05, 3.63) is 59.4 Å². The molecule has 0 aliphatic rings. The van der Waals surface area contributed by atoms with E-state index in [1.165, 1.54) is 11.6 Å². The van der Waals surface area contributed by atoms with Gasteiger partial charge in [-0.1, -0.05) is 24.3 Å². The summed E-state index contributed by atoms with van der Waals surface area (Å²) in [7, 11) is 4.08. The van der Waals surface area contributed by atoms with Crippen LogP contribution in [0.25, 0.3) is 11.1 Å². The van der Waals surface area contributed by atoms with Gasteiger partial charge in [0.15, 0.2) is 0 Å². The van der Waals surface area contributed by atoms with Gasteiger partial charge in [-0.3, -0.25) is 0 Å². The van der Waals surface area contributed by atoms with Crippen LogP contribution in [0.4, 0.5) is 4.39 Å². The van der Waals surface area contributed by atoms with Crippen molar-refractivity contribution in [2.24, 2.45) is 0 Å². The van der Waals surface area contributed by atoms with E-state index >= 15 is 0 Å². The summed E-state index contributed by atoms with van der Waals surface area (Å²) >= 11 is 0. The van der Waals surface area contributed by atoms with Gasteiger partial charge in [-0.05, 0) is 61.5 Å². The SMILES string of the molecule is Cc1ccc(F)cc1-c1cccc(CN(C)C)c1. The lowest BCUT2D eigenvalue weighted by atomic mass is 9.98. The normalized spacial score (nSPS) is 10.9. The summed E-state index contributed by atoms with van der Waals surface area (Å²) in [4.78, 5) is 2.12. The summed E-state index contributed by atoms with van der Waals surface area (Å²) < 4.78 is 13.3. The highest BCUT2D eigenvalue weighted by atomic mass is 19.1. The summed E-state index contributed by atoms with van der Waals surface area (Å²) in [6.07, 6.45) is 0. The predicted octanol–water partition coefficient (Wildman–Crippen LogP) is 3.86. The van der Waals surface area contributed by atoms with Crippen molar-refractivity contribution in [1.82, 2.24) is 4.90 Å². The molecule has 0 atom stereocenters. The molecule has 0 bridgehead atoms. The van der Waals surface area contributed by atoms with Gasteiger partial charge in [0, 0.05) is 6.54 Å². The number of aryl methyl sites for hydroxylation is 1. The third-order valence-corrected chi connectivity index (χ3v) is 2.94. The van der Waals surface area contributed by atoms with E-state index in [9.17, 15) is 4.39 Å². The maximum Gasteiger partial charge on any atom is 0.123 e. The third kappa shape index (κ3) is 2.96. The van der Waals surface area contributed by atoms with Crippen molar-refractivity contribution in [1.29, 1.82) is 0 Å². The molecule has 0 spiro atoms. The highest BCUT2D eigenvalue weighted by Gasteiger charge is 2.05. The van der Waals surface area contributed by atoms with Crippen LogP contribution in [-0.4, -0.2) is 19.0 Å². The Hall–Kier alpha value is -1.67. The summed E-state index contributed by atoms with van der Waals surface area (Å²) in [5.41, 5.74) is 4.38. The van der Waals surface area contributed by atoms with Crippen LogP contribution in [0, 0.1) is 12.7 Å². The molecule has 0 radical (unpaired) electrons. The Morgan fingerprint density at radius 1 is 1.06 bits per heavy atom. The first kappa shape index (κ1) is 12.8. The second-order valence-corrected chi connectivity index (χ2v) is 4.90. The van der Waals surface area contributed by atoms with E-state index in [0.29, 0.717) is 0 Å². The fourth-order valence-electron chi connectivity index (χ4n) is 2.11. The lowest BCUT2D eigenvalue weighted by molar-refractivity contribution is 0.402. The van der Waals surface area contributed by atoms with Gasteiger partial charge in [0.1, 0.15) is 5.82 Å². The fraction of sp³-hybridized carbons (Fsp3) is 0.250. The Bertz CT molecular complexity index is 547. The summed E-state index contributed by atoms with van der Waals surface area (Å²) in [5.74, 6) is -0.186. The van der Waals surface area contributed by atoms with Gasteiger partial charge in [0.05, 0.1) is 0 Å². The number of rotatable bonds is 3. The Balaban J connectivity index is 2.41. The number of nitrogens with zero attached hydrogens (tertiary/aromatic N) is 1. The molecule has 0 saturated carbocycles. The molecule has 0 aliphatic heterocycles. The van der Waals surface area contributed by atoms with E-state index in [0.717, 1.165) is 23.2 Å². The second kappa shape index (κ2) is 5.32. The van der Waals surface area contributed by atoms with Crippen LogP contribution in [-0.2, 0) is 6.54 Å². The molecule has 18 heavy (non-hydrogen) atoms. The van der Waals surface area contributed by atoms with Gasteiger partial charge >= 0.3 is 0 Å². The molecule has 0 amide bonds. The van der Waals surface area contributed by atoms with Crippen LogP contribution >= 0.6 is 0 Å². The molecule has 0 unspecified atom stereocenters. The molecule has 0 N–H and O–H groups in total. The lowest BCUT2D eigenvalue weighted by Crippen LogP contribution is -2.10. The van der Waals surface area contributed by atoms with Crippen molar-refractivity contribution in [2.45, 2.75) is 13.5 Å². The van der Waals surface area contributed by atoms with Crippen LogP contribution in [0.2, 0.25) is 0 Å². The Morgan fingerprint density at radius 2 is 1.83 bits per heavy atom. The van der Waals surface area contributed by atoms with E-state index in [-0.39, 0.29) is 5.82 Å². The van der Waals surface area contributed by atoms with E-state index in [1.807, 2.05) is 39.2 Å². The smallest absolute Gasteiger partial charge is 0.123 e. The molecule has 2 aromatic carbocycles. The van der Waals surface area contributed by atoms with Crippen molar-refractivity contribution in [2.75, 3.05) is 14.1 Å². The molecule has 0 aliphatic carbocycles. The van der Waals surface area contributed by atoms with E-state index in [2.05, 4.69) is 17.0 Å². The van der Waals surface area contributed by atoms with Crippen molar-refractivity contribution in [3.8, 4) is 11.1 Å². The number of benzene rings is 2. The van der Waals surface area contributed by atoms with E-state index < -0.39 is 0 Å². The highest BCUT2D eigenvalue weighted by Crippen LogP contribution is 2.25. The standard InChI is InChI=1S/C16H18FN/c1-12-7-8-15(17)10-16(12)14-6-4-5-13(9-14)11-18(2)3/h4-10H,11H2,1-3H3. The molecule has 94 valence electrons. The second-order valence-electron chi connectivity index (χ2n) is 4.90. The minimum Gasteiger partial charge on any atom is -0.305 e. The van der Waals surface area contributed by atoms with Crippen LogP contribution in [0.3, 0.4) is 0 Å². The first-order chi connectivity index (χ1) is 8.56. The molecule has 0 aromatic heterocycles. The minimum atomic E-state index is -0.186. The molecule has 2 aromatic rings. The van der Waals surface area contributed by atoms with Gasteiger partial charge in [-0.15, -0.1) is 0 Å².